The highest BCUT2D eigenvalue weighted by molar-refractivity contribution is 5.72. The highest BCUT2D eigenvalue weighted by Crippen LogP contribution is 2.16. The molecule has 0 bridgehead atoms. The largest absolute Gasteiger partial charge is 1.00 e. The number of aliphatic hydroxyl groups is 1. The van der Waals surface area contributed by atoms with Gasteiger partial charge in [0.05, 0.1) is 0 Å². The van der Waals surface area contributed by atoms with E-state index < -0.39 is 6.10 Å². The molecule has 0 fully saturated rings. The van der Waals surface area contributed by atoms with Crippen molar-refractivity contribution < 1.29 is 22.5 Å². The van der Waals surface area contributed by atoms with Gasteiger partial charge in [-0.2, -0.15) is 0 Å². The van der Waals surface area contributed by atoms with Gasteiger partial charge < -0.3 is 17.5 Å². The van der Waals surface area contributed by atoms with Gasteiger partial charge in [-0.05, 0) is 37.5 Å². The van der Waals surface area contributed by atoms with Gasteiger partial charge in [0.15, 0.2) is 17.1 Å². The first-order valence-electron chi connectivity index (χ1n) is 9.92. The maximum Gasteiger partial charge on any atom is 0.281 e. The maximum atomic E-state index is 9.64. The molecular weight excluding hydrogens is 332 g/mol. The molecule has 1 aromatic carbocycles. The van der Waals surface area contributed by atoms with E-state index in [0.717, 1.165) is 23.3 Å². The second-order valence-electron chi connectivity index (χ2n) is 7.15. The van der Waals surface area contributed by atoms with Crippen molar-refractivity contribution in [2.75, 3.05) is 0 Å². The van der Waals surface area contributed by atoms with Crippen LogP contribution in [0.5, 0.6) is 0 Å². The molecule has 2 rings (SSSR count). The number of benzene rings is 1. The van der Waals surface area contributed by atoms with Crippen LogP contribution in [-0.2, 0) is 6.42 Å². The predicted octanol–water partition coefficient (Wildman–Crippen LogP) is 2.50. The molecule has 3 nitrogen and oxygen atoms in total. The van der Waals surface area contributed by atoms with Crippen LogP contribution in [0, 0.1) is 0 Å². The number of H-pyrrole nitrogens is 2. The number of aliphatic hydroxyl groups excluding tert-OH is 1. The normalized spacial score (nSPS) is 12.3. The van der Waals surface area contributed by atoms with E-state index >= 15 is 0 Å². The molecule has 0 aliphatic rings. The Morgan fingerprint density at radius 2 is 1.56 bits per heavy atom. The summed E-state index contributed by atoms with van der Waals surface area (Å²) in [7, 11) is 0. The van der Waals surface area contributed by atoms with Gasteiger partial charge in [-0.3, -0.25) is 0 Å². The fourth-order valence-electron chi connectivity index (χ4n) is 3.31. The minimum Gasteiger partial charge on any atom is -1.00 e. The maximum absolute atomic E-state index is 9.64. The first-order chi connectivity index (χ1) is 11.7. The molecular formula is C21H35ClN2O. The molecule has 4 heteroatoms. The Kier molecular flexibility index (Phi) is 10.8. The highest BCUT2D eigenvalue weighted by atomic mass is 35.5. The van der Waals surface area contributed by atoms with Gasteiger partial charge in [-0.25, -0.2) is 9.97 Å². The molecule has 0 saturated heterocycles. The minimum atomic E-state index is -0.483. The third kappa shape index (κ3) is 7.79. The average molecular weight is 367 g/mol. The molecule has 0 aliphatic heterocycles. The Balaban J connectivity index is 0.00000312. The number of hydrogen-bond acceptors (Lipinski definition) is 1. The van der Waals surface area contributed by atoms with Crippen LogP contribution in [0.4, 0.5) is 0 Å². The van der Waals surface area contributed by atoms with Gasteiger partial charge in [0, 0.05) is 0 Å². The number of imidazole rings is 1. The van der Waals surface area contributed by atoms with Crippen LogP contribution in [0.25, 0.3) is 11.0 Å². The Morgan fingerprint density at radius 3 is 2.16 bits per heavy atom. The van der Waals surface area contributed by atoms with Gasteiger partial charge in [-0.15, -0.1) is 0 Å². The lowest BCUT2D eigenvalue weighted by Crippen LogP contribution is -3.00. The fraction of sp³-hybridized carbons (Fsp3) is 0.667. The Morgan fingerprint density at radius 1 is 0.960 bits per heavy atom. The van der Waals surface area contributed by atoms with Crippen LogP contribution in [0.1, 0.15) is 95.5 Å². The molecule has 142 valence electrons. The minimum absolute atomic E-state index is 0. The van der Waals surface area contributed by atoms with E-state index in [1.165, 1.54) is 69.8 Å². The van der Waals surface area contributed by atoms with E-state index in [0.29, 0.717) is 0 Å². The molecule has 1 aromatic heterocycles. The van der Waals surface area contributed by atoms with Gasteiger partial charge >= 0.3 is 0 Å². The van der Waals surface area contributed by atoms with E-state index in [-0.39, 0.29) is 12.4 Å². The second-order valence-corrected chi connectivity index (χ2v) is 7.15. The third-order valence-electron chi connectivity index (χ3n) is 4.86. The number of hydrogen-bond donors (Lipinski definition) is 2. The number of rotatable bonds is 12. The Labute approximate surface area is 159 Å². The van der Waals surface area contributed by atoms with E-state index in [1.807, 2.05) is 0 Å². The molecule has 3 N–H and O–H groups in total. The lowest BCUT2D eigenvalue weighted by molar-refractivity contribution is -0.367. The summed E-state index contributed by atoms with van der Waals surface area (Å²) in [5, 5.41) is 9.64. The summed E-state index contributed by atoms with van der Waals surface area (Å²) in [6.45, 7) is 4.05. The van der Waals surface area contributed by atoms with Crippen molar-refractivity contribution >= 4 is 11.0 Å². The molecule has 0 radical (unpaired) electrons. The number of aromatic nitrogens is 2. The summed E-state index contributed by atoms with van der Waals surface area (Å²) in [4.78, 5) is 6.49. The summed E-state index contributed by atoms with van der Waals surface area (Å²) in [6, 6.07) is 6.53. The topological polar surface area (TPSA) is 50.2 Å². The standard InChI is InChI=1S/C21H34N2O.ClH/c1-3-4-5-6-7-8-9-10-11-12-13-18-14-15-19-20(16-18)23-21(22-19)17(2)24;/h14-17,24H,3-13H2,1-2H3,(H,22,23);1H/t17-;/m0./s1. The molecule has 2 aromatic rings. The van der Waals surface area contributed by atoms with Crippen LogP contribution in [0.2, 0.25) is 0 Å². The summed E-state index contributed by atoms with van der Waals surface area (Å²) in [6.07, 6.45) is 14.5. The van der Waals surface area contributed by atoms with Gasteiger partial charge in [0.25, 0.3) is 5.82 Å². The zero-order valence-electron chi connectivity index (χ0n) is 15.9. The lowest BCUT2D eigenvalue weighted by Gasteiger charge is -2.03. The lowest BCUT2D eigenvalue weighted by atomic mass is 10.0. The number of unbranched alkanes of at least 4 members (excludes halogenated alkanes) is 9. The third-order valence-corrected chi connectivity index (χ3v) is 4.86. The van der Waals surface area contributed by atoms with E-state index in [9.17, 15) is 5.11 Å². The summed E-state index contributed by atoms with van der Waals surface area (Å²) in [5.41, 5.74) is 3.54. The number of aromatic amines is 2. The molecule has 0 spiro atoms. The molecule has 1 atom stereocenters. The molecule has 0 saturated carbocycles. The fourth-order valence-corrected chi connectivity index (χ4v) is 3.31. The van der Waals surface area contributed by atoms with Crippen molar-refractivity contribution in [1.29, 1.82) is 0 Å². The van der Waals surface area contributed by atoms with Crippen LogP contribution in [0.3, 0.4) is 0 Å². The smallest absolute Gasteiger partial charge is 0.281 e. The second kappa shape index (κ2) is 12.3. The van der Waals surface area contributed by atoms with Crippen LogP contribution in [-0.4, -0.2) is 10.1 Å². The van der Waals surface area contributed by atoms with Gasteiger partial charge in [-0.1, -0.05) is 70.8 Å². The summed E-state index contributed by atoms with van der Waals surface area (Å²) in [5.74, 6) is 0.779. The number of halogens is 1. The van der Waals surface area contributed by atoms with E-state index in [2.05, 4.69) is 35.1 Å². The molecule has 0 aliphatic carbocycles. The zero-order chi connectivity index (χ0) is 17.2. The van der Waals surface area contributed by atoms with Crippen molar-refractivity contribution in [1.82, 2.24) is 4.98 Å². The van der Waals surface area contributed by atoms with Gasteiger partial charge in [0.1, 0.15) is 0 Å². The molecule has 25 heavy (non-hydrogen) atoms. The zero-order valence-corrected chi connectivity index (χ0v) is 16.7. The van der Waals surface area contributed by atoms with E-state index in [4.69, 9.17) is 0 Å². The Hall–Kier alpha value is -1.06. The molecule has 0 unspecified atom stereocenters. The Bertz CT molecular complexity index is 595. The SMILES string of the molecule is CCCCCCCCCCCCc1ccc2[nH+]c([C@H](C)O)[nH]c2c1.[Cl-]. The van der Waals surface area contributed by atoms with Crippen LogP contribution >= 0.6 is 0 Å². The first kappa shape index (κ1) is 22.0. The number of aryl methyl sites for hydroxylation is 1. The first-order valence-corrected chi connectivity index (χ1v) is 9.92. The van der Waals surface area contributed by atoms with Crippen molar-refractivity contribution in [3.8, 4) is 0 Å². The predicted molar refractivity (Wildman–Crippen MR) is 101 cm³/mol. The van der Waals surface area contributed by atoms with E-state index in [1.54, 1.807) is 6.92 Å². The molecule has 1 heterocycles. The number of fused-ring (bicyclic) bond motifs is 1. The van der Waals surface area contributed by atoms with Crippen molar-refractivity contribution in [2.45, 2.75) is 90.6 Å². The van der Waals surface area contributed by atoms with Crippen molar-refractivity contribution in [3.63, 3.8) is 0 Å². The van der Waals surface area contributed by atoms with Crippen molar-refractivity contribution in [2.24, 2.45) is 0 Å². The van der Waals surface area contributed by atoms with Gasteiger partial charge in [0.2, 0.25) is 0 Å². The highest BCUT2D eigenvalue weighted by Gasteiger charge is 2.14. The summed E-state index contributed by atoms with van der Waals surface area (Å²) < 4.78 is 0. The van der Waals surface area contributed by atoms with Crippen LogP contribution in [0.15, 0.2) is 18.2 Å². The molecule has 0 amide bonds. The monoisotopic (exact) mass is 366 g/mol. The van der Waals surface area contributed by atoms with Crippen LogP contribution < -0.4 is 17.4 Å². The average Bonchev–Trinajstić information content (AvgIpc) is 3.00. The number of nitrogens with one attached hydrogen (secondary N) is 2. The summed E-state index contributed by atoms with van der Waals surface area (Å²) >= 11 is 0. The van der Waals surface area contributed by atoms with Crippen molar-refractivity contribution in [3.05, 3.63) is 29.6 Å². The quantitative estimate of drug-likeness (QED) is 0.557.